The molecule has 1 aromatic carbocycles. The number of nitrogens with zero attached hydrogens (tertiary/aromatic N) is 1. The summed E-state index contributed by atoms with van der Waals surface area (Å²) in [5, 5.41) is 1.05. The predicted molar refractivity (Wildman–Crippen MR) is 69.6 cm³/mol. The second-order valence-electron chi connectivity index (χ2n) is 5.37. The van der Waals surface area contributed by atoms with Gasteiger partial charge in [0.1, 0.15) is 0 Å². The van der Waals surface area contributed by atoms with E-state index in [0.717, 1.165) is 22.3 Å². The van der Waals surface area contributed by atoms with Crippen molar-refractivity contribution < 1.29 is 0 Å². The maximum absolute atomic E-state index is 6.08. The third kappa shape index (κ3) is 1.87. The fourth-order valence-electron chi connectivity index (χ4n) is 1.75. The van der Waals surface area contributed by atoms with Gasteiger partial charge >= 0.3 is 0 Å². The third-order valence-corrected chi connectivity index (χ3v) is 2.76. The Bertz CT molecular complexity index is 536. The van der Waals surface area contributed by atoms with Crippen LogP contribution in [0, 0.1) is 6.92 Å². The van der Waals surface area contributed by atoms with E-state index in [4.69, 9.17) is 5.73 Å². The number of hydrogen-bond donors (Lipinski definition) is 1. The van der Waals surface area contributed by atoms with Crippen molar-refractivity contribution in [3.63, 3.8) is 0 Å². The molecule has 0 radical (unpaired) electrons. The first-order valence-corrected chi connectivity index (χ1v) is 5.55. The summed E-state index contributed by atoms with van der Waals surface area (Å²) in [7, 11) is 0. The molecule has 2 rings (SSSR count). The van der Waals surface area contributed by atoms with E-state index in [2.05, 4.69) is 44.8 Å². The van der Waals surface area contributed by atoms with Gasteiger partial charge in [0.15, 0.2) is 0 Å². The molecule has 16 heavy (non-hydrogen) atoms. The van der Waals surface area contributed by atoms with Crippen molar-refractivity contribution in [2.45, 2.75) is 33.1 Å². The number of hydrogen-bond acceptors (Lipinski definition) is 2. The average molecular weight is 214 g/mol. The van der Waals surface area contributed by atoms with Crippen molar-refractivity contribution >= 4 is 16.6 Å². The van der Waals surface area contributed by atoms with E-state index in [9.17, 15) is 0 Å². The second-order valence-corrected chi connectivity index (χ2v) is 5.37. The minimum absolute atomic E-state index is 0.0349. The normalized spacial score (nSPS) is 12.0. The van der Waals surface area contributed by atoms with Crippen LogP contribution in [0.1, 0.15) is 32.0 Å². The summed E-state index contributed by atoms with van der Waals surface area (Å²) >= 11 is 0. The van der Waals surface area contributed by atoms with Gasteiger partial charge in [0.25, 0.3) is 0 Å². The maximum atomic E-state index is 6.08. The summed E-state index contributed by atoms with van der Waals surface area (Å²) in [6.45, 7) is 8.51. The number of pyridine rings is 1. The Balaban J connectivity index is 2.74. The average Bonchev–Trinajstić information content (AvgIpc) is 2.17. The molecule has 0 fully saturated rings. The number of aryl methyl sites for hydroxylation is 1. The number of nitrogens with two attached hydrogens (primary N) is 1. The maximum Gasteiger partial charge on any atom is 0.0726 e. The molecule has 0 amide bonds. The molecule has 0 bridgehead atoms. The fraction of sp³-hybridized carbons (Fsp3) is 0.357. The summed E-state index contributed by atoms with van der Waals surface area (Å²) < 4.78 is 0. The Morgan fingerprint density at radius 2 is 1.81 bits per heavy atom. The lowest BCUT2D eigenvalue weighted by Crippen LogP contribution is -2.14. The molecule has 2 heteroatoms. The third-order valence-electron chi connectivity index (χ3n) is 2.76. The molecule has 0 saturated heterocycles. The number of fused-ring (bicyclic) bond motifs is 1. The van der Waals surface area contributed by atoms with Gasteiger partial charge in [-0.1, -0.05) is 32.4 Å². The molecule has 2 nitrogen and oxygen atoms in total. The number of aromatic nitrogens is 1. The molecule has 0 aliphatic heterocycles. The molecule has 0 aliphatic rings. The van der Waals surface area contributed by atoms with E-state index in [1.165, 1.54) is 5.56 Å². The Morgan fingerprint density at radius 3 is 2.44 bits per heavy atom. The largest absolute Gasteiger partial charge is 0.398 e. The molecule has 0 atom stereocenters. The Hall–Kier alpha value is -1.57. The van der Waals surface area contributed by atoms with Crippen molar-refractivity contribution in [3.8, 4) is 0 Å². The van der Waals surface area contributed by atoms with Crippen LogP contribution in [0.15, 0.2) is 24.3 Å². The van der Waals surface area contributed by atoms with Crippen molar-refractivity contribution in [2.75, 3.05) is 5.73 Å². The van der Waals surface area contributed by atoms with Gasteiger partial charge in [0.2, 0.25) is 0 Å². The summed E-state index contributed by atoms with van der Waals surface area (Å²) in [4.78, 5) is 4.67. The molecule has 0 aliphatic carbocycles. The molecule has 84 valence electrons. The Kier molecular flexibility index (Phi) is 2.38. The second kappa shape index (κ2) is 3.48. The zero-order chi connectivity index (χ0) is 11.9. The highest BCUT2D eigenvalue weighted by Gasteiger charge is 2.17. The van der Waals surface area contributed by atoms with Crippen LogP contribution >= 0.6 is 0 Å². The quantitative estimate of drug-likeness (QED) is 0.729. The van der Waals surface area contributed by atoms with Crippen LogP contribution in [-0.2, 0) is 5.41 Å². The van der Waals surface area contributed by atoms with Crippen molar-refractivity contribution in [1.29, 1.82) is 0 Å². The monoisotopic (exact) mass is 214 g/mol. The number of benzene rings is 1. The molecular weight excluding hydrogens is 196 g/mol. The van der Waals surface area contributed by atoms with E-state index in [-0.39, 0.29) is 5.41 Å². The standard InChI is InChI=1S/C14H18N2/c1-9-5-6-12-10(7-9)11(15)8-13(16-12)14(2,3)4/h5-8H,1-4H3,(H2,15,16). The predicted octanol–water partition coefficient (Wildman–Crippen LogP) is 3.42. The van der Waals surface area contributed by atoms with Crippen molar-refractivity contribution in [1.82, 2.24) is 4.98 Å². The molecule has 0 unspecified atom stereocenters. The van der Waals surface area contributed by atoms with Crippen LogP contribution in [0.5, 0.6) is 0 Å². The number of nitrogen functional groups attached to an aromatic ring is 1. The van der Waals surface area contributed by atoms with E-state index >= 15 is 0 Å². The highest BCUT2D eigenvalue weighted by Crippen LogP contribution is 2.27. The SMILES string of the molecule is Cc1ccc2nc(C(C)(C)C)cc(N)c2c1. The highest BCUT2D eigenvalue weighted by atomic mass is 14.7. The van der Waals surface area contributed by atoms with E-state index in [1.807, 2.05) is 12.1 Å². The molecule has 2 aromatic rings. The van der Waals surface area contributed by atoms with Crippen LogP contribution < -0.4 is 5.73 Å². The number of rotatable bonds is 0. The molecule has 0 saturated carbocycles. The summed E-state index contributed by atoms with van der Waals surface area (Å²) in [5.41, 5.74) is 10.2. The Labute approximate surface area is 96.5 Å². The van der Waals surface area contributed by atoms with Gasteiger partial charge in [0, 0.05) is 22.2 Å². The zero-order valence-electron chi connectivity index (χ0n) is 10.3. The summed E-state index contributed by atoms with van der Waals surface area (Å²) in [5.74, 6) is 0. The lowest BCUT2D eigenvalue weighted by Gasteiger charge is -2.19. The summed E-state index contributed by atoms with van der Waals surface area (Å²) in [6, 6.07) is 8.18. The van der Waals surface area contributed by atoms with Crippen molar-refractivity contribution in [3.05, 3.63) is 35.5 Å². The number of anilines is 1. The van der Waals surface area contributed by atoms with Gasteiger partial charge in [-0.3, -0.25) is 4.98 Å². The first-order valence-electron chi connectivity index (χ1n) is 5.55. The smallest absolute Gasteiger partial charge is 0.0726 e. The van der Waals surface area contributed by atoms with Crippen LogP contribution in [0.2, 0.25) is 0 Å². The first-order chi connectivity index (χ1) is 7.38. The van der Waals surface area contributed by atoms with Crippen LogP contribution in [0.4, 0.5) is 5.69 Å². The van der Waals surface area contributed by atoms with Gasteiger partial charge < -0.3 is 5.73 Å². The molecule has 1 heterocycles. The van der Waals surface area contributed by atoms with Crippen LogP contribution in [0.3, 0.4) is 0 Å². The molecule has 1 aromatic heterocycles. The minimum atomic E-state index is 0.0349. The molecular formula is C14H18N2. The van der Waals surface area contributed by atoms with Gasteiger partial charge in [-0.2, -0.15) is 0 Å². The first kappa shape index (κ1) is 10.9. The molecule has 0 spiro atoms. The summed E-state index contributed by atoms with van der Waals surface area (Å²) in [6.07, 6.45) is 0. The van der Waals surface area contributed by atoms with E-state index < -0.39 is 0 Å². The Morgan fingerprint density at radius 1 is 1.12 bits per heavy atom. The fourth-order valence-corrected chi connectivity index (χ4v) is 1.75. The van der Waals surface area contributed by atoms with E-state index in [1.54, 1.807) is 0 Å². The minimum Gasteiger partial charge on any atom is -0.398 e. The highest BCUT2D eigenvalue weighted by molar-refractivity contribution is 5.90. The topological polar surface area (TPSA) is 38.9 Å². The van der Waals surface area contributed by atoms with E-state index in [0.29, 0.717) is 0 Å². The lowest BCUT2D eigenvalue weighted by atomic mass is 9.90. The van der Waals surface area contributed by atoms with Gasteiger partial charge in [-0.05, 0) is 25.1 Å². The van der Waals surface area contributed by atoms with Crippen LogP contribution in [-0.4, -0.2) is 4.98 Å². The van der Waals surface area contributed by atoms with Gasteiger partial charge in [-0.25, -0.2) is 0 Å². The van der Waals surface area contributed by atoms with Gasteiger partial charge in [0.05, 0.1) is 5.52 Å². The molecule has 2 N–H and O–H groups in total. The van der Waals surface area contributed by atoms with Gasteiger partial charge in [-0.15, -0.1) is 0 Å². The van der Waals surface area contributed by atoms with Crippen LogP contribution in [0.25, 0.3) is 10.9 Å². The van der Waals surface area contributed by atoms with Crippen molar-refractivity contribution in [2.24, 2.45) is 0 Å². The zero-order valence-corrected chi connectivity index (χ0v) is 10.3. The lowest BCUT2D eigenvalue weighted by molar-refractivity contribution is 0.572.